The number of rotatable bonds is 0. The normalized spacial score (nSPS) is 11.5. The minimum absolute atomic E-state index is 0.597. The molecule has 2 aliphatic rings. The maximum atomic E-state index is 8.19. The Morgan fingerprint density at radius 1 is 0.357 bits per heavy atom. The fraction of sp³-hybridized carbons (Fsp3) is 0. The fourth-order valence-corrected chi connectivity index (χ4v) is 5.59. The molecule has 10 heteroatoms. The number of benzene rings is 4. The summed E-state index contributed by atoms with van der Waals surface area (Å²) in [5, 5.41) is 3.82. The minimum atomic E-state index is 0.597. The Balaban J connectivity index is 0.00000131. The van der Waals surface area contributed by atoms with Crippen LogP contribution < -0.4 is 0 Å². The molecule has 9 nitrogen and oxygen atoms in total. The molecule has 0 saturated heterocycles. The van der Waals surface area contributed by atoms with E-state index in [9.17, 15) is 0 Å². The number of aromatic amines is 2. The van der Waals surface area contributed by atoms with E-state index in [0.717, 1.165) is 61.2 Å². The minimum Gasteiger partial charge on any atom is -0.324 e. The van der Waals surface area contributed by atoms with Gasteiger partial charge in [0.15, 0.2) is 23.3 Å². The fourth-order valence-electron chi connectivity index (χ4n) is 5.59. The Labute approximate surface area is 247 Å². The maximum Gasteiger partial charge on any atom is 0.164 e. The SMILES string of the molecule is [O]=[V].c1ccc2c(c1)-c1nc-2nc2[nH]c(nc3nc(nc4[nH]c(n1)c1ccccc41)-c1ccccc1-3)c1ccccc21. The molecule has 2 aliphatic heterocycles. The number of hydrogen-bond acceptors (Lipinski definition) is 7. The number of fused-ring (bicyclic) bond motifs is 20. The van der Waals surface area contributed by atoms with Crippen LogP contribution >= 0.6 is 0 Å². The summed E-state index contributed by atoms with van der Waals surface area (Å²) in [5.74, 6) is 2.39. The molecule has 0 atom stereocenters. The molecule has 0 saturated carbocycles. The third-order valence-corrected chi connectivity index (χ3v) is 7.46. The van der Waals surface area contributed by atoms with Crippen molar-refractivity contribution < 1.29 is 21.0 Å². The summed E-state index contributed by atoms with van der Waals surface area (Å²) in [6.45, 7) is 0. The quantitative estimate of drug-likeness (QED) is 0.203. The summed E-state index contributed by atoms with van der Waals surface area (Å²) in [6, 6.07) is 32.2. The van der Waals surface area contributed by atoms with Gasteiger partial charge in [-0.1, -0.05) is 97.1 Å². The van der Waals surface area contributed by atoms with Gasteiger partial charge < -0.3 is 9.97 Å². The van der Waals surface area contributed by atoms with Crippen LogP contribution in [0.3, 0.4) is 0 Å². The molecule has 8 bridgehead atoms. The Kier molecular flexibility index (Phi) is 5.60. The van der Waals surface area contributed by atoms with Crippen LogP contribution in [0, 0.1) is 0 Å². The second-order valence-corrected chi connectivity index (χ2v) is 9.79. The average molecular weight is 581 g/mol. The van der Waals surface area contributed by atoms with Crippen LogP contribution in [0.5, 0.6) is 0 Å². The molecule has 42 heavy (non-hydrogen) atoms. The molecule has 3 aromatic heterocycles. The van der Waals surface area contributed by atoms with Gasteiger partial charge in [0.1, 0.15) is 22.6 Å². The molecule has 0 radical (unpaired) electrons. The molecule has 4 aromatic carbocycles. The van der Waals surface area contributed by atoms with Gasteiger partial charge in [0.05, 0.1) is 0 Å². The second kappa shape index (κ2) is 9.62. The summed E-state index contributed by atoms with van der Waals surface area (Å²) in [5.41, 5.74) is 6.45. The van der Waals surface area contributed by atoms with E-state index >= 15 is 0 Å². The molecule has 0 unspecified atom stereocenters. The maximum absolute atomic E-state index is 8.19. The van der Waals surface area contributed by atoms with Crippen molar-refractivity contribution in [3.05, 3.63) is 97.1 Å². The molecule has 0 spiro atoms. The third kappa shape index (κ3) is 3.72. The molecule has 7 aromatic rings. The summed E-state index contributed by atoms with van der Waals surface area (Å²) in [4.78, 5) is 36.8. The van der Waals surface area contributed by atoms with Gasteiger partial charge in [-0.2, -0.15) is 0 Å². The predicted molar refractivity (Wildman–Crippen MR) is 157 cm³/mol. The van der Waals surface area contributed by atoms with E-state index in [1.54, 1.807) is 0 Å². The molecule has 0 amide bonds. The first-order valence-electron chi connectivity index (χ1n) is 13.2. The van der Waals surface area contributed by atoms with E-state index < -0.39 is 0 Å². The zero-order valence-electron chi connectivity index (χ0n) is 21.8. The number of hydrogen-bond donors (Lipinski definition) is 2. The van der Waals surface area contributed by atoms with Gasteiger partial charge in [-0.05, 0) is 0 Å². The van der Waals surface area contributed by atoms with Crippen LogP contribution in [-0.2, 0) is 21.0 Å². The van der Waals surface area contributed by atoms with Gasteiger partial charge >= 0.3 is 21.0 Å². The van der Waals surface area contributed by atoms with Crippen molar-refractivity contribution >= 4 is 44.1 Å². The smallest absolute Gasteiger partial charge is 0.164 e. The molecule has 2 N–H and O–H groups in total. The zero-order valence-corrected chi connectivity index (χ0v) is 23.2. The number of aromatic nitrogens is 8. The van der Waals surface area contributed by atoms with Gasteiger partial charge in [-0.3, -0.25) is 0 Å². The van der Waals surface area contributed by atoms with Gasteiger partial charge in [-0.15, -0.1) is 0 Å². The van der Waals surface area contributed by atoms with E-state index in [1.807, 2.05) is 97.1 Å². The zero-order chi connectivity index (χ0) is 28.2. The topological polar surface area (TPSA) is 126 Å². The molecule has 0 aliphatic carbocycles. The van der Waals surface area contributed by atoms with Crippen molar-refractivity contribution in [2.24, 2.45) is 0 Å². The van der Waals surface area contributed by atoms with Gasteiger partial charge in [0.25, 0.3) is 0 Å². The Morgan fingerprint density at radius 2 is 0.595 bits per heavy atom. The van der Waals surface area contributed by atoms with Crippen LogP contribution in [0.15, 0.2) is 97.1 Å². The third-order valence-electron chi connectivity index (χ3n) is 7.46. The summed E-state index contributed by atoms with van der Waals surface area (Å²) >= 11 is 1.06. The van der Waals surface area contributed by atoms with Crippen molar-refractivity contribution in [2.45, 2.75) is 0 Å². The largest absolute Gasteiger partial charge is 0.324 e. The molecular formula is C32H18N8OV. The van der Waals surface area contributed by atoms with E-state index in [4.69, 9.17) is 33.6 Å². The van der Waals surface area contributed by atoms with E-state index in [-0.39, 0.29) is 0 Å². The summed E-state index contributed by atoms with van der Waals surface area (Å²) in [6.07, 6.45) is 0. The molecule has 5 heterocycles. The van der Waals surface area contributed by atoms with Crippen LogP contribution in [0.4, 0.5) is 0 Å². The van der Waals surface area contributed by atoms with Crippen LogP contribution in [0.2, 0.25) is 0 Å². The van der Waals surface area contributed by atoms with Gasteiger partial charge in [0.2, 0.25) is 0 Å². The summed E-state index contributed by atoms with van der Waals surface area (Å²) < 4.78 is 8.19. The molecule has 9 rings (SSSR count). The number of nitrogens with zero attached hydrogens (tertiary/aromatic N) is 6. The van der Waals surface area contributed by atoms with Crippen molar-refractivity contribution in [1.29, 1.82) is 0 Å². The standard InChI is InChI=1S/C32H18N8.O.V/c1-2-10-18-17(9-1)25-33-26(18)38-28-21-13-5-6-14-22(21)30(35-28)40-32-24-16-8-7-15-23(24)31(36-32)39-29-20-12-4-3-11-19(20)27(34-29)37-25;;/h1-16H,(H2,33,34,35,36,37,38,39,40);;. The molecule has 0 fully saturated rings. The van der Waals surface area contributed by atoms with E-state index in [2.05, 4.69) is 9.97 Å². The van der Waals surface area contributed by atoms with Gasteiger partial charge in [0, 0.05) is 43.8 Å². The first-order chi connectivity index (χ1) is 20.8. The second-order valence-electron chi connectivity index (χ2n) is 9.79. The molecular weight excluding hydrogens is 563 g/mol. The van der Waals surface area contributed by atoms with Crippen molar-refractivity contribution in [3.8, 4) is 45.6 Å². The van der Waals surface area contributed by atoms with Crippen molar-refractivity contribution in [1.82, 2.24) is 39.9 Å². The summed E-state index contributed by atoms with van der Waals surface area (Å²) in [7, 11) is 0. The van der Waals surface area contributed by atoms with Crippen LogP contribution in [0.1, 0.15) is 0 Å². The molecule has 197 valence electrons. The van der Waals surface area contributed by atoms with E-state index in [0.29, 0.717) is 45.9 Å². The number of nitrogens with one attached hydrogen (secondary N) is 2. The Bertz CT molecular complexity index is 2060. The van der Waals surface area contributed by atoms with Crippen LogP contribution in [-0.4, -0.2) is 39.9 Å². The first kappa shape index (κ1) is 24.4. The predicted octanol–water partition coefficient (Wildman–Crippen LogP) is 6.75. The number of H-pyrrole nitrogens is 2. The van der Waals surface area contributed by atoms with Crippen LogP contribution in [0.25, 0.3) is 89.7 Å². The van der Waals surface area contributed by atoms with Crippen molar-refractivity contribution in [3.63, 3.8) is 0 Å². The Morgan fingerprint density at radius 3 is 0.857 bits per heavy atom. The monoisotopic (exact) mass is 581 g/mol. The Hall–Kier alpha value is -5.38. The van der Waals surface area contributed by atoms with Gasteiger partial charge in [-0.25, -0.2) is 29.9 Å². The van der Waals surface area contributed by atoms with Crippen molar-refractivity contribution in [2.75, 3.05) is 0 Å². The van der Waals surface area contributed by atoms with E-state index in [1.165, 1.54) is 0 Å². The first-order valence-corrected chi connectivity index (χ1v) is 13.7. The average Bonchev–Trinajstić information content (AvgIpc) is 3.78.